The van der Waals surface area contributed by atoms with E-state index in [4.69, 9.17) is 0 Å². The summed E-state index contributed by atoms with van der Waals surface area (Å²) >= 11 is 0. The van der Waals surface area contributed by atoms with Gasteiger partial charge in [0, 0.05) is 17.5 Å². The predicted octanol–water partition coefficient (Wildman–Crippen LogP) is 2.87. The molecule has 3 aromatic rings. The van der Waals surface area contributed by atoms with E-state index in [1.807, 2.05) is 35.7 Å². The molecular formula is C15H15N5O2. The SMILES string of the molecule is Cc1cc(NCc2cn3c(C)cccc3n2)ncc1[N+](=O)[O-]. The summed E-state index contributed by atoms with van der Waals surface area (Å²) in [7, 11) is 0. The molecule has 7 heteroatoms. The van der Waals surface area contributed by atoms with Crippen LogP contribution in [-0.2, 0) is 6.54 Å². The van der Waals surface area contributed by atoms with Crippen LogP contribution in [0.2, 0.25) is 0 Å². The van der Waals surface area contributed by atoms with E-state index in [-0.39, 0.29) is 5.69 Å². The third kappa shape index (κ3) is 2.60. The summed E-state index contributed by atoms with van der Waals surface area (Å²) in [6.07, 6.45) is 3.24. The zero-order chi connectivity index (χ0) is 15.7. The van der Waals surface area contributed by atoms with Crippen LogP contribution in [0.3, 0.4) is 0 Å². The lowest BCUT2D eigenvalue weighted by Crippen LogP contribution is -2.03. The molecule has 0 spiro atoms. The molecule has 1 N–H and O–H groups in total. The Morgan fingerprint density at radius 2 is 2.18 bits per heavy atom. The number of aryl methyl sites for hydroxylation is 2. The maximum absolute atomic E-state index is 10.8. The molecule has 0 aromatic carbocycles. The Labute approximate surface area is 126 Å². The van der Waals surface area contributed by atoms with Gasteiger partial charge in [0.2, 0.25) is 0 Å². The lowest BCUT2D eigenvalue weighted by molar-refractivity contribution is -0.385. The van der Waals surface area contributed by atoms with Crippen molar-refractivity contribution in [2.75, 3.05) is 5.32 Å². The number of hydrogen-bond acceptors (Lipinski definition) is 5. The molecule has 0 radical (unpaired) electrons. The summed E-state index contributed by atoms with van der Waals surface area (Å²) in [6, 6.07) is 7.60. The summed E-state index contributed by atoms with van der Waals surface area (Å²) < 4.78 is 2.02. The van der Waals surface area contributed by atoms with Gasteiger partial charge in [-0.2, -0.15) is 0 Å². The molecular weight excluding hydrogens is 282 g/mol. The van der Waals surface area contributed by atoms with E-state index in [2.05, 4.69) is 15.3 Å². The summed E-state index contributed by atoms with van der Waals surface area (Å²) in [5.41, 5.74) is 3.49. The molecule has 22 heavy (non-hydrogen) atoms. The zero-order valence-corrected chi connectivity index (χ0v) is 12.3. The minimum Gasteiger partial charge on any atom is -0.364 e. The normalized spacial score (nSPS) is 10.8. The predicted molar refractivity (Wildman–Crippen MR) is 82.9 cm³/mol. The number of anilines is 1. The van der Waals surface area contributed by atoms with E-state index in [1.54, 1.807) is 13.0 Å². The first-order valence-corrected chi connectivity index (χ1v) is 6.83. The summed E-state index contributed by atoms with van der Waals surface area (Å²) in [5, 5.41) is 13.9. The van der Waals surface area contributed by atoms with Crippen LogP contribution in [-0.4, -0.2) is 19.3 Å². The van der Waals surface area contributed by atoms with Gasteiger partial charge in [-0.15, -0.1) is 0 Å². The first kappa shape index (κ1) is 14.0. The summed E-state index contributed by atoms with van der Waals surface area (Å²) in [6.45, 7) is 4.22. The van der Waals surface area contributed by atoms with Crippen molar-refractivity contribution in [2.45, 2.75) is 20.4 Å². The van der Waals surface area contributed by atoms with Crippen LogP contribution in [0.25, 0.3) is 5.65 Å². The molecule has 3 aromatic heterocycles. The van der Waals surface area contributed by atoms with E-state index >= 15 is 0 Å². The van der Waals surface area contributed by atoms with E-state index in [1.165, 1.54) is 6.20 Å². The molecule has 0 bridgehead atoms. The lowest BCUT2D eigenvalue weighted by atomic mass is 10.2. The molecule has 0 unspecified atom stereocenters. The molecule has 112 valence electrons. The van der Waals surface area contributed by atoms with Crippen LogP contribution in [0.1, 0.15) is 17.0 Å². The van der Waals surface area contributed by atoms with Crippen LogP contribution in [0, 0.1) is 24.0 Å². The Bertz CT molecular complexity index is 856. The number of imidazole rings is 1. The second-order valence-corrected chi connectivity index (χ2v) is 5.09. The maximum atomic E-state index is 10.8. The second kappa shape index (κ2) is 5.44. The van der Waals surface area contributed by atoms with Gasteiger partial charge in [0.15, 0.2) is 0 Å². The maximum Gasteiger partial charge on any atom is 0.290 e. The minimum atomic E-state index is -0.434. The number of nitrogens with one attached hydrogen (secondary N) is 1. The molecule has 0 atom stereocenters. The van der Waals surface area contributed by atoms with E-state index < -0.39 is 4.92 Å². The van der Waals surface area contributed by atoms with Crippen LogP contribution in [0.4, 0.5) is 11.5 Å². The fourth-order valence-electron chi connectivity index (χ4n) is 2.30. The van der Waals surface area contributed by atoms with Gasteiger partial charge >= 0.3 is 0 Å². The molecule has 0 fully saturated rings. The Balaban J connectivity index is 1.78. The third-order valence-corrected chi connectivity index (χ3v) is 3.48. The Hall–Kier alpha value is -2.96. The first-order chi connectivity index (χ1) is 10.5. The van der Waals surface area contributed by atoms with Crippen molar-refractivity contribution < 1.29 is 4.92 Å². The van der Waals surface area contributed by atoms with Crippen LogP contribution >= 0.6 is 0 Å². The molecule has 0 aliphatic heterocycles. The third-order valence-electron chi connectivity index (χ3n) is 3.48. The highest BCUT2D eigenvalue weighted by Crippen LogP contribution is 2.19. The number of nitrogens with zero attached hydrogens (tertiary/aromatic N) is 4. The largest absolute Gasteiger partial charge is 0.364 e. The molecule has 0 saturated carbocycles. The van der Waals surface area contributed by atoms with Crippen molar-refractivity contribution in [3.8, 4) is 0 Å². The number of nitro groups is 1. The topological polar surface area (TPSA) is 85.4 Å². The highest BCUT2D eigenvalue weighted by Gasteiger charge is 2.11. The van der Waals surface area contributed by atoms with Gasteiger partial charge in [-0.3, -0.25) is 10.1 Å². The monoisotopic (exact) mass is 297 g/mol. The molecule has 0 amide bonds. The quantitative estimate of drug-likeness (QED) is 0.591. The van der Waals surface area contributed by atoms with Crippen molar-refractivity contribution >= 4 is 17.2 Å². The van der Waals surface area contributed by atoms with Gasteiger partial charge in [0.05, 0.1) is 17.2 Å². The standard InChI is InChI=1S/C15H15N5O2/c1-10-6-14(17-8-13(10)20(21)22)16-7-12-9-19-11(2)4-3-5-15(19)18-12/h3-6,8-9H,7H2,1-2H3,(H,16,17). The van der Waals surface area contributed by atoms with E-state index in [0.717, 1.165) is 17.0 Å². The van der Waals surface area contributed by atoms with E-state index in [0.29, 0.717) is 17.9 Å². The highest BCUT2D eigenvalue weighted by atomic mass is 16.6. The molecule has 3 heterocycles. The molecule has 0 aliphatic rings. The van der Waals surface area contributed by atoms with Crippen LogP contribution < -0.4 is 5.32 Å². The van der Waals surface area contributed by atoms with E-state index in [9.17, 15) is 10.1 Å². The van der Waals surface area contributed by atoms with Crippen molar-refractivity contribution in [2.24, 2.45) is 0 Å². The van der Waals surface area contributed by atoms with Crippen molar-refractivity contribution in [1.82, 2.24) is 14.4 Å². The second-order valence-electron chi connectivity index (χ2n) is 5.09. The van der Waals surface area contributed by atoms with Crippen molar-refractivity contribution in [1.29, 1.82) is 0 Å². The molecule has 0 aliphatic carbocycles. The fourth-order valence-corrected chi connectivity index (χ4v) is 2.30. The smallest absolute Gasteiger partial charge is 0.290 e. The molecule has 3 rings (SSSR count). The van der Waals surface area contributed by atoms with Crippen molar-refractivity contribution in [3.63, 3.8) is 0 Å². The van der Waals surface area contributed by atoms with Crippen LogP contribution in [0.15, 0.2) is 36.7 Å². The van der Waals surface area contributed by atoms with Crippen molar-refractivity contribution in [3.05, 3.63) is 63.7 Å². The van der Waals surface area contributed by atoms with Gasteiger partial charge in [0.25, 0.3) is 5.69 Å². The Morgan fingerprint density at radius 1 is 1.36 bits per heavy atom. The van der Waals surface area contributed by atoms with Gasteiger partial charge in [-0.25, -0.2) is 9.97 Å². The Morgan fingerprint density at radius 3 is 2.86 bits per heavy atom. The minimum absolute atomic E-state index is 0.0221. The number of rotatable bonds is 4. The summed E-state index contributed by atoms with van der Waals surface area (Å²) in [4.78, 5) is 18.9. The fraction of sp³-hybridized carbons (Fsp3) is 0.200. The lowest BCUT2D eigenvalue weighted by Gasteiger charge is -2.04. The number of aromatic nitrogens is 3. The number of hydrogen-bond donors (Lipinski definition) is 1. The molecule has 0 saturated heterocycles. The van der Waals surface area contributed by atoms with Gasteiger partial charge < -0.3 is 9.72 Å². The average Bonchev–Trinajstić information content (AvgIpc) is 2.89. The van der Waals surface area contributed by atoms with Gasteiger partial charge in [-0.05, 0) is 32.0 Å². The highest BCUT2D eigenvalue weighted by molar-refractivity contribution is 5.47. The van der Waals surface area contributed by atoms with Crippen LogP contribution in [0.5, 0.6) is 0 Å². The Kier molecular flexibility index (Phi) is 3.46. The molecule has 7 nitrogen and oxygen atoms in total. The van der Waals surface area contributed by atoms with Gasteiger partial charge in [0.1, 0.15) is 17.7 Å². The average molecular weight is 297 g/mol. The zero-order valence-electron chi connectivity index (χ0n) is 12.3. The number of pyridine rings is 2. The first-order valence-electron chi connectivity index (χ1n) is 6.83. The van der Waals surface area contributed by atoms with Gasteiger partial charge in [-0.1, -0.05) is 6.07 Å². The summed E-state index contributed by atoms with van der Waals surface area (Å²) in [5.74, 6) is 0.594. The number of fused-ring (bicyclic) bond motifs is 1.